The summed E-state index contributed by atoms with van der Waals surface area (Å²) < 4.78 is 5.24. The van der Waals surface area contributed by atoms with E-state index in [0.29, 0.717) is 12.3 Å². The lowest BCUT2D eigenvalue weighted by atomic mass is 10.1. The molecule has 0 aliphatic rings. The highest BCUT2D eigenvalue weighted by Crippen LogP contribution is 2.18. The molecule has 0 saturated heterocycles. The number of hydrogen-bond donors (Lipinski definition) is 1. The van der Waals surface area contributed by atoms with Gasteiger partial charge in [0.25, 0.3) is 0 Å². The normalized spacial score (nSPS) is 11.3. The molecule has 0 aliphatic carbocycles. The van der Waals surface area contributed by atoms with Gasteiger partial charge in [0.1, 0.15) is 5.75 Å². The van der Waals surface area contributed by atoms with E-state index in [2.05, 4.69) is 5.32 Å². The van der Waals surface area contributed by atoms with E-state index in [1.165, 1.54) is 11.0 Å². The van der Waals surface area contributed by atoms with E-state index >= 15 is 0 Å². The molecule has 1 aromatic carbocycles. The van der Waals surface area contributed by atoms with Crippen LogP contribution < -0.4 is 10.1 Å². The smallest absolute Gasteiger partial charge is 0.247 e. The third-order valence-corrected chi connectivity index (χ3v) is 3.09. The van der Waals surface area contributed by atoms with Gasteiger partial charge in [0.2, 0.25) is 11.8 Å². The van der Waals surface area contributed by atoms with Gasteiger partial charge in [-0.1, -0.05) is 18.2 Å². The summed E-state index contributed by atoms with van der Waals surface area (Å²) in [6.45, 7) is 8.08. The summed E-state index contributed by atoms with van der Waals surface area (Å²) in [5, 5.41) is 2.85. The molecule has 0 heterocycles. The summed E-state index contributed by atoms with van der Waals surface area (Å²) >= 11 is 0. The molecule has 23 heavy (non-hydrogen) atoms. The Hall–Kier alpha value is -2.30. The number of para-hydroxylation sites is 1. The Morgan fingerprint density at radius 1 is 1.26 bits per heavy atom. The predicted octanol–water partition coefficient (Wildman–Crippen LogP) is 2.47. The van der Waals surface area contributed by atoms with Gasteiger partial charge in [-0.2, -0.15) is 0 Å². The van der Waals surface area contributed by atoms with Crippen molar-refractivity contribution in [3.63, 3.8) is 0 Å². The van der Waals surface area contributed by atoms with E-state index in [9.17, 15) is 9.59 Å². The van der Waals surface area contributed by atoms with Crippen molar-refractivity contribution >= 4 is 17.9 Å². The van der Waals surface area contributed by atoms with Crippen LogP contribution in [0.5, 0.6) is 5.75 Å². The molecular formula is C18H26N2O3. The average molecular weight is 318 g/mol. The zero-order valence-corrected chi connectivity index (χ0v) is 14.6. The van der Waals surface area contributed by atoms with Crippen molar-refractivity contribution < 1.29 is 14.3 Å². The topological polar surface area (TPSA) is 58.6 Å². The molecular weight excluding hydrogens is 292 g/mol. The molecule has 1 N–H and O–H groups in total. The van der Waals surface area contributed by atoms with Crippen LogP contribution in [-0.2, 0) is 9.59 Å². The zero-order chi connectivity index (χ0) is 17.5. The number of rotatable bonds is 6. The van der Waals surface area contributed by atoms with Crippen LogP contribution in [0.2, 0.25) is 0 Å². The molecule has 0 unspecified atom stereocenters. The summed E-state index contributed by atoms with van der Waals surface area (Å²) in [5.74, 6) is 0.325. The average Bonchev–Trinajstić information content (AvgIpc) is 2.48. The van der Waals surface area contributed by atoms with Crippen LogP contribution in [0.15, 0.2) is 30.3 Å². The molecule has 0 saturated carbocycles. The van der Waals surface area contributed by atoms with Crippen LogP contribution in [0.4, 0.5) is 0 Å². The minimum absolute atomic E-state index is 0.0445. The quantitative estimate of drug-likeness (QED) is 0.820. The fraction of sp³-hybridized carbons (Fsp3) is 0.444. The van der Waals surface area contributed by atoms with Crippen molar-refractivity contribution in [2.45, 2.75) is 33.2 Å². The lowest BCUT2D eigenvalue weighted by Crippen LogP contribution is -2.47. The summed E-state index contributed by atoms with van der Waals surface area (Å²) in [7, 11) is 1.59. The maximum absolute atomic E-state index is 12.3. The monoisotopic (exact) mass is 318 g/mol. The highest BCUT2D eigenvalue weighted by Gasteiger charge is 2.18. The maximum Gasteiger partial charge on any atom is 0.247 e. The number of carbonyl (C=O) groups is 2. The summed E-state index contributed by atoms with van der Waals surface area (Å²) in [5.41, 5.74) is 0.505. The van der Waals surface area contributed by atoms with Crippen LogP contribution in [0.3, 0.4) is 0 Å². The van der Waals surface area contributed by atoms with Gasteiger partial charge in [-0.15, -0.1) is 0 Å². The Kier molecular flexibility index (Phi) is 6.82. The highest BCUT2D eigenvalue weighted by atomic mass is 16.5. The molecule has 5 heteroatoms. The van der Waals surface area contributed by atoms with Crippen molar-refractivity contribution in [1.82, 2.24) is 10.2 Å². The first kappa shape index (κ1) is 18.7. The molecule has 5 nitrogen and oxygen atoms in total. The van der Waals surface area contributed by atoms with Gasteiger partial charge < -0.3 is 15.0 Å². The van der Waals surface area contributed by atoms with E-state index in [1.54, 1.807) is 13.2 Å². The number of benzene rings is 1. The van der Waals surface area contributed by atoms with Crippen LogP contribution in [0.1, 0.15) is 33.3 Å². The lowest BCUT2D eigenvalue weighted by molar-refractivity contribution is -0.132. The van der Waals surface area contributed by atoms with Crippen molar-refractivity contribution in [3.8, 4) is 5.75 Å². The number of carbonyl (C=O) groups excluding carboxylic acids is 2. The number of hydrogen-bond acceptors (Lipinski definition) is 3. The van der Waals surface area contributed by atoms with E-state index in [4.69, 9.17) is 4.74 Å². The molecule has 0 fully saturated rings. The molecule has 0 bridgehead atoms. The molecule has 0 spiro atoms. The van der Waals surface area contributed by atoms with E-state index < -0.39 is 0 Å². The zero-order valence-electron chi connectivity index (χ0n) is 14.6. The second kappa shape index (κ2) is 8.36. The molecule has 1 rings (SSSR count). The van der Waals surface area contributed by atoms with E-state index in [-0.39, 0.29) is 23.9 Å². The van der Waals surface area contributed by atoms with E-state index in [0.717, 1.165) is 5.56 Å². The second-order valence-corrected chi connectivity index (χ2v) is 6.23. The minimum Gasteiger partial charge on any atom is -0.496 e. The third-order valence-electron chi connectivity index (χ3n) is 3.09. The van der Waals surface area contributed by atoms with Gasteiger partial charge in [0.05, 0.1) is 13.7 Å². The SMILES string of the molecule is CCN(CC(=O)NC(C)(C)C)C(=O)/C=C/c1ccccc1OC. The van der Waals surface area contributed by atoms with Gasteiger partial charge in [-0.05, 0) is 39.8 Å². The largest absolute Gasteiger partial charge is 0.496 e. The molecule has 0 radical (unpaired) electrons. The Labute approximate surface area is 138 Å². The second-order valence-electron chi connectivity index (χ2n) is 6.23. The molecule has 0 atom stereocenters. The Balaban J connectivity index is 2.73. The minimum atomic E-state index is -0.313. The van der Waals surface area contributed by atoms with Gasteiger partial charge in [-0.3, -0.25) is 9.59 Å². The van der Waals surface area contributed by atoms with Crippen LogP contribution in [-0.4, -0.2) is 42.5 Å². The Morgan fingerprint density at radius 3 is 2.48 bits per heavy atom. The lowest BCUT2D eigenvalue weighted by Gasteiger charge is -2.24. The first-order chi connectivity index (χ1) is 10.8. The van der Waals surface area contributed by atoms with Gasteiger partial charge in [0, 0.05) is 23.7 Å². The molecule has 0 aliphatic heterocycles. The van der Waals surface area contributed by atoms with Gasteiger partial charge >= 0.3 is 0 Å². The Morgan fingerprint density at radius 2 is 1.91 bits per heavy atom. The summed E-state index contributed by atoms with van der Waals surface area (Å²) in [6, 6.07) is 7.44. The van der Waals surface area contributed by atoms with Crippen molar-refractivity contribution in [2.75, 3.05) is 20.2 Å². The number of likely N-dealkylation sites (N-methyl/N-ethyl adjacent to an activating group) is 1. The summed E-state index contributed by atoms with van der Waals surface area (Å²) in [4.78, 5) is 25.7. The molecule has 2 amide bonds. The molecule has 126 valence electrons. The number of amides is 2. The standard InChI is InChI=1S/C18H26N2O3/c1-6-20(13-16(21)19-18(2,3)4)17(22)12-11-14-9-7-8-10-15(14)23-5/h7-12H,6,13H2,1-5H3,(H,19,21)/b12-11+. The molecule has 0 aromatic heterocycles. The third kappa shape index (κ3) is 6.55. The number of nitrogens with zero attached hydrogens (tertiary/aromatic N) is 1. The van der Waals surface area contributed by atoms with Crippen molar-refractivity contribution in [1.29, 1.82) is 0 Å². The van der Waals surface area contributed by atoms with Crippen molar-refractivity contribution in [3.05, 3.63) is 35.9 Å². The summed E-state index contributed by atoms with van der Waals surface area (Å²) in [6.07, 6.45) is 3.16. The van der Waals surface area contributed by atoms with Gasteiger partial charge in [0.15, 0.2) is 0 Å². The number of nitrogens with one attached hydrogen (secondary N) is 1. The Bertz CT molecular complexity index is 574. The highest BCUT2D eigenvalue weighted by molar-refractivity contribution is 5.94. The predicted molar refractivity (Wildman–Crippen MR) is 92.2 cm³/mol. The molecule has 1 aromatic rings. The van der Waals surface area contributed by atoms with Crippen LogP contribution in [0, 0.1) is 0 Å². The number of methoxy groups -OCH3 is 1. The van der Waals surface area contributed by atoms with Crippen LogP contribution >= 0.6 is 0 Å². The fourth-order valence-corrected chi connectivity index (χ4v) is 2.05. The van der Waals surface area contributed by atoms with Gasteiger partial charge in [-0.25, -0.2) is 0 Å². The fourth-order valence-electron chi connectivity index (χ4n) is 2.05. The maximum atomic E-state index is 12.3. The van der Waals surface area contributed by atoms with E-state index in [1.807, 2.05) is 52.0 Å². The van der Waals surface area contributed by atoms with Crippen LogP contribution in [0.25, 0.3) is 6.08 Å². The first-order valence-corrected chi connectivity index (χ1v) is 7.68. The van der Waals surface area contributed by atoms with Crippen molar-refractivity contribution in [2.24, 2.45) is 0 Å². The first-order valence-electron chi connectivity index (χ1n) is 7.68. The number of ether oxygens (including phenoxy) is 1.